The van der Waals surface area contributed by atoms with Crippen LogP contribution in [0.3, 0.4) is 0 Å². The summed E-state index contributed by atoms with van der Waals surface area (Å²) in [5, 5.41) is 8.66. The molecule has 0 saturated heterocycles. The molecular weight excluding hydrogens is 422 g/mol. The zero-order valence-corrected chi connectivity index (χ0v) is 17.6. The molecule has 2 aromatic carbocycles. The Bertz CT molecular complexity index is 1480. The van der Waals surface area contributed by atoms with Gasteiger partial charge in [0.25, 0.3) is 0 Å². The van der Waals surface area contributed by atoms with Gasteiger partial charge in [-0.05, 0) is 54.7 Å². The molecule has 3 heterocycles. The SMILES string of the molecule is Nc1nc2cc(-c3cccc(-c4cnn(C5(c6ccc(F)cc6)CCC5)c4)c3F)ccn2n1. The van der Waals surface area contributed by atoms with Gasteiger partial charge in [-0.1, -0.05) is 30.3 Å². The van der Waals surface area contributed by atoms with Crippen LogP contribution in [0.15, 0.2) is 73.2 Å². The lowest BCUT2D eigenvalue weighted by Crippen LogP contribution is -2.42. The molecule has 2 N–H and O–H groups in total. The molecule has 33 heavy (non-hydrogen) atoms. The molecule has 0 aliphatic heterocycles. The number of benzene rings is 2. The maximum atomic E-state index is 15.7. The molecule has 8 heteroatoms. The molecular formula is C25H20F2N6. The number of fused-ring (bicyclic) bond motifs is 1. The summed E-state index contributed by atoms with van der Waals surface area (Å²) < 4.78 is 32.6. The van der Waals surface area contributed by atoms with Crippen LogP contribution >= 0.6 is 0 Å². The highest BCUT2D eigenvalue weighted by Gasteiger charge is 2.41. The summed E-state index contributed by atoms with van der Waals surface area (Å²) in [6, 6.07) is 15.4. The van der Waals surface area contributed by atoms with E-state index in [-0.39, 0.29) is 23.1 Å². The Hall–Kier alpha value is -4.07. The normalized spacial score (nSPS) is 15.0. The van der Waals surface area contributed by atoms with Gasteiger partial charge in [0.1, 0.15) is 11.6 Å². The lowest BCUT2D eigenvalue weighted by Gasteiger charge is -2.42. The minimum Gasteiger partial charge on any atom is -0.366 e. The first-order valence-electron chi connectivity index (χ1n) is 10.8. The maximum Gasteiger partial charge on any atom is 0.240 e. The minimum absolute atomic E-state index is 0.167. The quantitative estimate of drug-likeness (QED) is 0.423. The lowest BCUT2D eigenvalue weighted by atomic mass is 9.72. The Balaban J connectivity index is 1.39. The van der Waals surface area contributed by atoms with E-state index in [1.54, 1.807) is 41.2 Å². The third-order valence-corrected chi connectivity index (χ3v) is 6.56. The molecule has 3 aromatic heterocycles. The fourth-order valence-corrected chi connectivity index (χ4v) is 4.66. The molecule has 1 saturated carbocycles. The Morgan fingerprint density at radius 2 is 1.70 bits per heavy atom. The summed E-state index contributed by atoms with van der Waals surface area (Å²) in [6.07, 6.45) is 8.15. The number of nitrogens with two attached hydrogens (primary N) is 1. The van der Waals surface area contributed by atoms with Crippen molar-refractivity contribution < 1.29 is 8.78 Å². The van der Waals surface area contributed by atoms with Crippen LogP contribution in [0.1, 0.15) is 24.8 Å². The van der Waals surface area contributed by atoms with E-state index in [9.17, 15) is 4.39 Å². The highest BCUT2D eigenvalue weighted by Crippen LogP contribution is 2.45. The number of pyridine rings is 1. The molecule has 0 unspecified atom stereocenters. The van der Waals surface area contributed by atoms with Gasteiger partial charge in [-0.25, -0.2) is 13.3 Å². The number of nitrogens with zero attached hydrogens (tertiary/aromatic N) is 5. The van der Waals surface area contributed by atoms with Crippen molar-refractivity contribution in [1.29, 1.82) is 0 Å². The molecule has 1 aliphatic carbocycles. The molecule has 1 aliphatic rings. The van der Waals surface area contributed by atoms with Crippen molar-refractivity contribution >= 4 is 11.6 Å². The number of hydrogen-bond donors (Lipinski definition) is 1. The summed E-state index contributed by atoms with van der Waals surface area (Å²) in [7, 11) is 0. The number of anilines is 1. The second-order valence-electron chi connectivity index (χ2n) is 8.42. The zero-order chi connectivity index (χ0) is 22.6. The van der Waals surface area contributed by atoms with Gasteiger partial charge in [0.05, 0.1) is 11.7 Å². The summed E-state index contributed by atoms with van der Waals surface area (Å²) >= 11 is 0. The molecule has 6 nitrogen and oxygen atoms in total. The Morgan fingerprint density at radius 1 is 0.939 bits per heavy atom. The van der Waals surface area contributed by atoms with Gasteiger partial charge in [0.15, 0.2) is 5.65 Å². The number of rotatable bonds is 4. The summed E-state index contributed by atoms with van der Waals surface area (Å²) in [5.41, 5.74) is 9.21. The largest absolute Gasteiger partial charge is 0.366 e. The molecule has 0 spiro atoms. The minimum atomic E-state index is -0.335. The highest BCUT2D eigenvalue weighted by molar-refractivity contribution is 5.75. The molecule has 0 bridgehead atoms. The first-order chi connectivity index (χ1) is 16.0. The van der Waals surface area contributed by atoms with Gasteiger partial charge in [-0.15, -0.1) is 5.10 Å². The zero-order valence-electron chi connectivity index (χ0n) is 17.6. The van der Waals surface area contributed by atoms with Crippen LogP contribution < -0.4 is 5.73 Å². The van der Waals surface area contributed by atoms with Crippen LogP contribution in [0.25, 0.3) is 27.9 Å². The van der Waals surface area contributed by atoms with Crippen LogP contribution in [-0.4, -0.2) is 24.4 Å². The van der Waals surface area contributed by atoms with Gasteiger partial charge in [-0.3, -0.25) is 4.68 Å². The topological polar surface area (TPSA) is 74.0 Å². The van der Waals surface area contributed by atoms with Crippen LogP contribution in [-0.2, 0) is 5.54 Å². The lowest BCUT2D eigenvalue weighted by molar-refractivity contribution is 0.176. The Morgan fingerprint density at radius 3 is 2.42 bits per heavy atom. The van der Waals surface area contributed by atoms with Crippen LogP contribution in [0.2, 0.25) is 0 Å². The van der Waals surface area contributed by atoms with E-state index < -0.39 is 0 Å². The van der Waals surface area contributed by atoms with Crippen molar-refractivity contribution in [1.82, 2.24) is 24.4 Å². The predicted octanol–water partition coefficient (Wildman–Crippen LogP) is 5.05. The standard InChI is InChI=1S/C25H20F2N6/c26-19-7-5-18(6-8-19)25(10-2-11-25)33-15-17(14-29-33)21-4-1-3-20(23(21)27)16-9-12-32-22(13-16)30-24(28)31-32/h1,3-9,12-15H,2,10-11H2,(H2,28,31). The van der Waals surface area contributed by atoms with Gasteiger partial charge >= 0.3 is 0 Å². The number of hydrogen-bond acceptors (Lipinski definition) is 4. The second-order valence-corrected chi connectivity index (χ2v) is 8.42. The van der Waals surface area contributed by atoms with E-state index in [0.29, 0.717) is 27.9 Å². The maximum absolute atomic E-state index is 15.7. The van der Waals surface area contributed by atoms with Crippen LogP contribution in [0, 0.1) is 11.6 Å². The molecule has 0 radical (unpaired) electrons. The molecule has 0 amide bonds. The second kappa shape index (κ2) is 7.23. The Kier molecular flexibility index (Phi) is 4.29. The van der Waals surface area contributed by atoms with Crippen LogP contribution in [0.4, 0.5) is 14.7 Å². The molecule has 164 valence electrons. The van der Waals surface area contributed by atoms with Crippen molar-refractivity contribution in [3.05, 3.63) is 90.4 Å². The van der Waals surface area contributed by atoms with Crippen molar-refractivity contribution in [2.45, 2.75) is 24.8 Å². The van der Waals surface area contributed by atoms with E-state index in [2.05, 4.69) is 15.2 Å². The summed E-state index contributed by atoms with van der Waals surface area (Å²) in [4.78, 5) is 4.16. The number of halogens is 2. The van der Waals surface area contributed by atoms with Gasteiger partial charge < -0.3 is 5.73 Å². The average Bonchev–Trinajstić information content (AvgIpc) is 3.40. The van der Waals surface area contributed by atoms with Gasteiger partial charge in [0, 0.05) is 29.1 Å². The fourth-order valence-electron chi connectivity index (χ4n) is 4.66. The number of aromatic nitrogens is 5. The van der Waals surface area contributed by atoms with E-state index in [4.69, 9.17) is 5.73 Å². The third-order valence-electron chi connectivity index (χ3n) is 6.56. The first kappa shape index (κ1) is 19.6. The van der Waals surface area contributed by atoms with E-state index in [1.165, 1.54) is 12.1 Å². The van der Waals surface area contributed by atoms with Crippen molar-refractivity contribution in [2.24, 2.45) is 0 Å². The third kappa shape index (κ3) is 3.09. The van der Waals surface area contributed by atoms with Gasteiger partial charge in [-0.2, -0.15) is 10.1 Å². The van der Waals surface area contributed by atoms with Crippen molar-refractivity contribution in [2.75, 3.05) is 5.73 Å². The highest BCUT2D eigenvalue weighted by atomic mass is 19.1. The summed E-state index contributed by atoms with van der Waals surface area (Å²) in [5.74, 6) is -0.432. The fraction of sp³-hybridized carbons (Fsp3) is 0.160. The Labute approximate surface area is 188 Å². The van der Waals surface area contributed by atoms with Gasteiger partial charge in [0.2, 0.25) is 5.95 Å². The molecule has 0 atom stereocenters. The number of nitrogen functional groups attached to an aromatic ring is 1. The smallest absolute Gasteiger partial charge is 0.240 e. The molecule has 1 fully saturated rings. The van der Waals surface area contributed by atoms with E-state index in [1.807, 2.05) is 29.1 Å². The average molecular weight is 442 g/mol. The van der Waals surface area contributed by atoms with E-state index in [0.717, 1.165) is 24.8 Å². The summed E-state index contributed by atoms with van der Waals surface area (Å²) in [6.45, 7) is 0. The molecule has 5 aromatic rings. The predicted molar refractivity (Wildman–Crippen MR) is 121 cm³/mol. The van der Waals surface area contributed by atoms with Crippen molar-refractivity contribution in [3.8, 4) is 22.3 Å². The molecule has 6 rings (SSSR count). The first-order valence-corrected chi connectivity index (χ1v) is 10.8. The van der Waals surface area contributed by atoms with Crippen molar-refractivity contribution in [3.63, 3.8) is 0 Å². The van der Waals surface area contributed by atoms with E-state index >= 15 is 4.39 Å². The monoisotopic (exact) mass is 442 g/mol. The van der Waals surface area contributed by atoms with Crippen LogP contribution in [0.5, 0.6) is 0 Å².